The summed E-state index contributed by atoms with van der Waals surface area (Å²) in [6.07, 6.45) is 3.04. The van der Waals surface area contributed by atoms with Crippen molar-refractivity contribution in [3.05, 3.63) is 28.6 Å². The third-order valence-electron chi connectivity index (χ3n) is 2.23. The molecule has 0 aromatic carbocycles. The minimum atomic E-state index is 0.821. The van der Waals surface area contributed by atoms with Gasteiger partial charge in [0.25, 0.3) is 0 Å². The average molecular weight is 228 g/mol. The van der Waals surface area contributed by atoms with Crippen molar-refractivity contribution in [1.82, 2.24) is 15.1 Å². The molecule has 1 aromatic rings. The Bertz CT molecular complexity index is 342. The molecule has 1 N–H and O–H groups in total. The SMILES string of the molecule is CCc1nn(C)cc1CNC/C(C)=C/Cl. The van der Waals surface area contributed by atoms with Crippen LogP contribution in [-0.4, -0.2) is 16.3 Å². The summed E-state index contributed by atoms with van der Waals surface area (Å²) in [6.45, 7) is 5.79. The molecular formula is C11H18ClN3. The van der Waals surface area contributed by atoms with E-state index in [4.69, 9.17) is 11.6 Å². The predicted molar refractivity (Wildman–Crippen MR) is 63.9 cm³/mol. The van der Waals surface area contributed by atoms with Gasteiger partial charge in [0, 0.05) is 37.4 Å². The number of nitrogens with one attached hydrogen (secondary N) is 1. The molecule has 0 bridgehead atoms. The van der Waals surface area contributed by atoms with Crippen LogP contribution in [0.15, 0.2) is 17.3 Å². The summed E-state index contributed by atoms with van der Waals surface area (Å²) in [5, 5.41) is 7.72. The van der Waals surface area contributed by atoms with Crippen molar-refractivity contribution < 1.29 is 0 Å². The quantitative estimate of drug-likeness (QED) is 0.836. The van der Waals surface area contributed by atoms with Gasteiger partial charge in [0.05, 0.1) is 5.69 Å². The van der Waals surface area contributed by atoms with Crippen molar-refractivity contribution in [2.24, 2.45) is 7.05 Å². The lowest BCUT2D eigenvalue weighted by molar-refractivity contribution is 0.733. The standard InChI is InChI=1S/C11H18ClN3/c1-4-11-10(8-15(3)14-11)7-13-6-9(2)5-12/h5,8,13H,4,6-7H2,1-3H3/b9-5+. The predicted octanol–water partition coefficient (Wildman–Crippen LogP) is 2.21. The van der Waals surface area contributed by atoms with Crippen LogP contribution in [0, 0.1) is 0 Å². The third-order valence-corrected chi connectivity index (χ3v) is 2.60. The second-order valence-electron chi connectivity index (χ2n) is 3.69. The van der Waals surface area contributed by atoms with Gasteiger partial charge in [-0.15, -0.1) is 0 Å². The first kappa shape index (κ1) is 12.3. The Morgan fingerprint density at radius 3 is 3.00 bits per heavy atom. The number of nitrogens with zero attached hydrogens (tertiary/aromatic N) is 2. The molecule has 0 aliphatic heterocycles. The second-order valence-corrected chi connectivity index (χ2v) is 3.91. The number of aromatic nitrogens is 2. The van der Waals surface area contributed by atoms with E-state index in [1.165, 1.54) is 5.56 Å². The van der Waals surface area contributed by atoms with Crippen LogP contribution >= 0.6 is 11.6 Å². The van der Waals surface area contributed by atoms with Crippen LogP contribution in [0.25, 0.3) is 0 Å². The summed E-state index contributed by atoms with van der Waals surface area (Å²) in [5.41, 5.74) is 5.18. The molecule has 0 fully saturated rings. The average Bonchev–Trinajstić information content (AvgIpc) is 2.58. The van der Waals surface area contributed by atoms with Crippen molar-refractivity contribution >= 4 is 11.6 Å². The van der Waals surface area contributed by atoms with Crippen LogP contribution in [0.4, 0.5) is 0 Å². The number of hydrogen-bond acceptors (Lipinski definition) is 2. The Labute approximate surface area is 96.1 Å². The minimum absolute atomic E-state index is 0.821. The van der Waals surface area contributed by atoms with Crippen molar-refractivity contribution in [1.29, 1.82) is 0 Å². The lowest BCUT2D eigenvalue weighted by atomic mass is 10.2. The Morgan fingerprint density at radius 1 is 1.67 bits per heavy atom. The molecule has 1 rings (SSSR count). The summed E-state index contributed by atoms with van der Waals surface area (Å²) in [5.74, 6) is 0. The zero-order valence-electron chi connectivity index (χ0n) is 9.55. The first-order chi connectivity index (χ1) is 7.17. The van der Waals surface area contributed by atoms with E-state index < -0.39 is 0 Å². The minimum Gasteiger partial charge on any atom is -0.309 e. The Balaban J connectivity index is 2.49. The molecule has 0 atom stereocenters. The first-order valence-corrected chi connectivity index (χ1v) is 5.59. The lowest BCUT2D eigenvalue weighted by Crippen LogP contribution is -2.15. The zero-order valence-corrected chi connectivity index (χ0v) is 10.3. The fraction of sp³-hybridized carbons (Fsp3) is 0.545. The maximum Gasteiger partial charge on any atom is 0.0666 e. The van der Waals surface area contributed by atoms with Gasteiger partial charge in [-0.2, -0.15) is 5.10 Å². The van der Waals surface area contributed by atoms with Gasteiger partial charge >= 0.3 is 0 Å². The van der Waals surface area contributed by atoms with Gasteiger partial charge in [0.15, 0.2) is 0 Å². The monoisotopic (exact) mass is 227 g/mol. The van der Waals surface area contributed by atoms with Crippen LogP contribution in [-0.2, 0) is 20.0 Å². The maximum atomic E-state index is 5.58. The van der Waals surface area contributed by atoms with Crippen molar-refractivity contribution in [2.75, 3.05) is 6.54 Å². The van der Waals surface area contributed by atoms with E-state index in [1.54, 1.807) is 5.54 Å². The van der Waals surface area contributed by atoms with E-state index in [-0.39, 0.29) is 0 Å². The highest BCUT2D eigenvalue weighted by Gasteiger charge is 2.04. The van der Waals surface area contributed by atoms with Crippen molar-refractivity contribution in [3.8, 4) is 0 Å². The van der Waals surface area contributed by atoms with Crippen molar-refractivity contribution in [3.63, 3.8) is 0 Å². The summed E-state index contributed by atoms with van der Waals surface area (Å²) in [4.78, 5) is 0. The van der Waals surface area contributed by atoms with E-state index in [0.29, 0.717) is 0 Å². The van der Waals surface area contributed by atoms with Crippen LogP contribution < -0.4 is 5.32 Å². The Morgan fingerprint density at radius 2 is 2.40 bits per heavy atom. The highest BCUT2D eigenvalue weighted by atomic mass is 35.5. The molecule has 1 heterocycles. The molecule has 0 radical (unpaired) electrons. The Kier molecular flexibility index (Phi) is 4.85. The Hall–Kier alpha value is -0.800. The van der Waals surface area contributed by atoms with Crippen LogP contribution in [0.3, 0.4) is 0 Å². The molecule has 15 heavy (non-hydrogen) atoms. The largest absolute Gasteiger partial charge is 0.309 e. The molecule has 0 saturated carbocycles. The van der Waals surface area contributed by atoms with E-state index in [2.05, 4.69) is 23.5 Å². The molecule has 0 saturated heterocycles. The summed E-state index contributed by atoms with van der Waals surface area (Å²) >= 11 is 5.58. The third kappa shape index (κ3) is 3.68. The molecule has 0 amide bonds. The van der Waals surface area contributed by atoms with Gasteiger partial charge in [-0.1, -0.05) is 18.5 Å². The normalized spacial score (nSPS) is 12.1. The van der Waals surface area contributed by atoms with Gasteiger partial charge < -0.3 is 5.32 Å². The van der Waals surface area contributed by atoms with Crippen LogP contribution in [0.2, 0.25) is 0 Å². The summed E-state index contributed by atoms with van der Waals surface area (Å²) in [7, 11) is 1.95. The number of aryl methyl sites for hydroxylation is 2. The first-order valence-electron chi connectivity index (χ1n) is 5.15. The van der Waals surface area contributed by atoms with Gasteiger partial charge in [0.1, 0.15) is 0 Å². The molecule has 0 spiro atoms. The molecule has 0 unspecified atom stereocenters. The second kappa shape index (κ2) is 5.93. The molecule has 3 nitrogen and oxygen atoms in total. The van der Waals surface area contributed by atoms with Crippen LogP contribution in [0.5, 0.6) is 0 Å². The highest BCUT2D eigenvalue weighted by molar-refractivity contribution is 6.25. The number of hydrogen-bond donors (Lipinski definition) is 1. The highest BCUT2D eigenvalue weighted by Crippen LogP contribution is 2.06. The molecular weight excluding hydrogens is 210 g/mol. The summed E-state index contributed by atoms with van der Waals surface area (Å²) in [6, 6.07) is 0. The van der Waals surface area contributed by atoms with Crippen molar-refractivity contribution in [2.45, 2.75) is 26.8 Å². The summed E-state index contributed by atoms with van der Waals surface area (Å²) < 4.78 is 1.86. The maximum absolute atomic E-state index is 5.58. The van der Waals surface area contributed by atoms with Crippen LogP contribution in [0.1, 0.15) is 25.1 Å². The van der Waals surface area contributed by atoms with Gasteiger partial charge in [-0.3, -0.25) is 4.68 Å². The molecule has 4 heteroatoms. The van der Waals surface area contributed by atoms with Gasteiger partial charge in [0.2, 0.25) is 0 Å². The fourth-order valence-corrected chi connectivity index (χ4v) is 1.54. The molecule has 1 aromatic heterocycles. The van der Waals surface area contributed by atoms with E-state index >= 15 is 0 Å². The van der Waals surface area contributed by atoms with E-state index in [9.17, 15) is 0 Å². The fourth-order valence-electron chi connectivity index (χ4n) is 1.46. The smallest absolute Gasteiger partial charge is 0.0666 e. The number of rotatable bonds is 5. The van der Waals surface area contributed by atoms with Gasteiger partial charge in [-0.25, -0.2) is 0 Å². The molecule has 0 aliphatic rings. The van der Waals surface area contributed by atoms with E-state index in [1.807, 2.05) is 18.7 Å². The van der Waals surface area contributed by atoms with E-state index in [0.717, 1.165) is 30.8 Å². The molecule has 0 aliphatic carbocycles. The zero-order chi connectivity index (χ0) is 11.3. The lowest BCUT2D eigenvalue weighted by Gasteiger charge is -2.03. The van der Waals surface area contributed by atoms with Gasteiger partial charge in [-0.05, 0) is 18.9 Å². The topological polar surface area (TPSA) is 29.9 Å². The number of halogens is 1. The molecule has 84 valence electrons.